The summed E-state index contributed by atoms with van der Waals surface area (Å²) >= 11 is 0. The maximum atomic E-state index is 15.5. The number of hydrogen-bond donors (Lipinski definition) is 4. The first-order valence-corrected chi connectivity index (χ1v) is 32.4. The molecular weight excluding hydrogens is 1200 g/mol. The van der Waals surface area contributed by atoms with Gasteiger partial charge in [0.2, 0.25) is 27.8 Å². The fourth-order valence-electron chi connectivity index (χ4n) is 11.4. The molecule has 10 aromatic rings. The lowest BCUT2D eigenvalue weighted by molar-refractivity contribution is -0.130. The molecule has 7 aromatic heterocycles. The minimum absolute atomic E-state index is 0. The minimum atomic E-state index is -3.51. The molecule has 4 N–H and O–H groups in total. The van der Waals surface area contributed by atoms with Crippen LogP contribution < -0.4 is 37.3 Å². The Morgan fingerprint density at radius 1 is 0.688 bits per heavy atom. The molecule has 3 aromatic carbocycles. The molecule has 3 saturated heterocycles. The Kier molecular flexibility index (Phi) is 19.9. The molecular formula is C67H74FN19O5S. The highest BCUT2D eigenvalue weighted by atomic mass is 32.2. The van der Waals surface area contributed by atoms with Crippen molar-refractivity contribution in [2.24, 2.45) is 0 Å². The van der Waals surface area contributed by atoms with Crippen LogP contribution in [0.2, 0.25) is 0 Å². The summed E-state index contributed by atoms with van der Waals surface area (Å²) in [5.74, 6) is 0.327. The van der Waals surface area contributed by atoms with Crippen molar-refractivity contribution in [3.63, 3.8) is 0 Å². The number of piperidine rings is 1. The summed E-state index contributed by atoms with van der Waals surface area (Å²) in [4.78, 5) is 88.2. The lowest BCUT2D eigenvalue weighted by atomic mass is 10.0. The number of pyridine rings is 3. The highest BCUT2D eigenvalue weighted by molar-refractivity contribution is 7.88. The molecule has 26 heteroatoms. The molecule has 3 aliphatic heterocycles. The van der Waals surface area contributed by atoms with Gasteiger partial charge in [0.05, 0.1) is 35.0 Å². The van der Waals surface area contributed by atoms with Gasteiger partial charge in [-0.2, -0.15) is 9.97 Å². The van der Waals surface area contributed by atoms with Crippen molar-refractivity contribution in [3.05, 3.63) is 173 Å². The van der Waals surface area contributed by atoms with Crippen molar-refractivity contribution in [2.45, 2.75) is 59.2 Å². The number of carbonyl (C=O) groups excluding carboxylic acids is 1. The van der Waals surface area contributed by atoms with Gasteiger partial charge >= 0.3 is 0 Å². The molecule has 0 bridgehead atoms. The number of likely N-dealkylation sites (tertiary alicyclic amines) is 1. The van der Waals surface area contributed by atoms with E-state index in [0.717, 1.165) is 104 Å². The highest BCUT2D eigenvalue weighted by Gasteiger charge is 2.25. The molecule has 24 nitrogen and oxygen atoms in total. The molecule has 1 atom stereocenters. The first-order chi connectivity index (χ1) is 44.6. The molecule has 93 heavy (non-hydrogen) atoms. The minimum Gasteiger partial charge on any atom is -0.381 e. The molecule has 1 amide bonds. The number of anilines is 6. The molecule has 0 aliphatic carbocycles. The van der Waals surface area contributed by atoms with Crippen LogP contribution in [0, 0.1) is 12.7 Å². The van der Waals surface area contributed by atoms with E-state index in [1.807, 2.05) is 60.4 Å². The van der Waals surface area contributed by atoms with Crippen molar-refractivity contribution in [1.29, 1.82) is 0 Å². The normalized spacial score (nSPS) is 15.2. The standard InChI is InChI=1S/C34H36N10O2.C32H34FN9O3S.CH4/c1-23-19-36-31(24-6-5-11-35-20-24)39-30(23)28-18-25-21-37-34(38-26-7-9-27(10-8-26)42-16-14-41(2)15-17-42)40-32(25)44(33(28)46)22-29(45)43-12-3-4-13-43;1-41(46(2,44)45)14-15-42-30-22(16-27(31(42)43)26-10-5-21(17-28(26)33)29-20-35-12-13-36-29)18-37-32(40-30)39-24-8-6-23(7-9-24)38-25-4-3-11-34-19-25;/h5-11,18-21H,3-4,12-17,22H2,1-2H3,(H,37,38,40);5-10,12-13,16-18,20,25,34,38H,3-4,11,14-15,19H2,1-2H3,(H,37,39,40);1H4. The summed E-state index contributed by atoms with van der Waals surface area (Å²) in [5, 5.41) is 14.5. The van der Waals surface area contributed by atoms with Crippen LogP contribution in [0.5, 0.6) is 0 Å². The van der Waals surface area contributed by atoms with Gasteiger partial charge in [-0.15, -0.1) is 0 Å². The third-order valence-corrected chi connectivity index (χ3v) is 18.0. The number of amides is 1. The number of aromatic nitrogens is 11. The van der Waals surface area contributed by atoms with Crippen molar-refractivity contribution >= 4 is 72.6 Å². The number of piperazine rings is 1. The molecule has 3 aliphatic rings. The van der Waals surface area contributed by atoms with Gasteiger partial charge in [-0.3, -0.25) is 38.5 Å². The van der Waals surface area contributed by atoms with Gasteiger partial charge in [0, 0.05) is 166 Å². The van der Waals surface area contributed by atoms with Gasteiger partial charge < -0.3 is 36.0 Å². The van der Waals surface area contributed by atoms with Crippen molar-refractivity contribution < 1.29 is 17.6 Å². The first kappa shape index (κ1) is 64.5. The highest BCUT2D eigenvalue weighted by Crippen LogP contribution is 2.30. The van der Waals surface area contributed by atoms with Gasteiger partial charge in [-0.1, -0.05) is 19.6 Å². The molecule has 10 heterocycles. The molecule has 480 valence electrons. The maximum Gasteiger partial charge on any atom is 0.262 e. The van der Waals surface area contributed by atoms with Gasteiger partial charge in [0.15, 0.2) is 5.82 Å². The number of rotatable bonds is 17. The zero-order valence-electron chi connectivity index (χ0n) is 51.5. The number of nitrogens with zero attached hydrogens (tertiary/aromatic N) is 15. The van der Waals surface area contributed by atoms with Crippen LogP contribution in [0.15, 0.2) is 150 Å². The van der Waals surface area contributed by atoms with Crippen LogP contribution in [0.1, 0.15) is 38.7 Å². The van der Waals surface area contributed by atoms with Gasteiger partial charge in [-0.05, 0) is 131 Å². The summed E-state index contributed by atoms with van der Waals surface area (Å²) < 4.78 is 43.7. The molecule has 0 spiro atoms. The number of nitrogens with one attached hydrogen (secondary N) is 4. The van der Waals surface area contributed by atoms with E-state index in [0.29, 0.717) is 69.8 Å². The van der Waals surface area contributed by atoms with E-state index in [-0.39, 0.29) is 61.2 Å². The fourth-order valence-corrected chi connectivity index (χ4v) is 11.8. The van der Waals surface area contributed by atoms with E-state index in [9.17, 15) is 22.8 Å². The van der Waals surface area contributed by atoms with E-state index < -0.39 is 21.4 Å². The number of halogens is 1. The number of carbonyl (C=O) groups is 1. The van der Waals surface area contributed by atoms with E-state index >= 15 is 4.39 Å². The largest absolute Gasteiger partial charge is 0.381 e. The average Bonchev–Trinajstić information content (AvgIpc) is 1.42. The van der Waals surface area contributed by atoms with Crippen LogP contribution in [0.25, 0.3) is 67.1 Å². The summed E-state index contributed by atoms with van der Waals surface area (Å²) in [5.41, 5.74) is 7.08. The van der Waals surface area contributed by atoms with E-state index in [4.69, 9.17) is 9.97 Å². The smallest absolute Gasteiger partial charge is 0.262 e. The van der Waals surface area contributed by atoms with E-state index in [2.05, 4.69) is 85.1 Å². The first-order valence-electron chi connectivity index (χ1n) is 30.5. The predicted octanol–water partition coefficient (Wildman–Crippen LogP) is 8.23. The van der Waals surface area contributed by atoms with Gasteiger partial charge in [-0.25, -0.2) is 37.0 Å². The predicted molar refractivity (Wildman–Crippen MR) is 362 cm³/mol. The Morgan fingerprint density at radius 3 is 1.98 bits per heavy atom. The summed E-state index contributed by atoms with van der Waals surface area (Å²) in [6, 6.07) is 27.9. The lowest BCUT2D eigenvalue weighted by Gasteiger charge is -2.34. The summed E-state index contributed by atoms with van der Waals surface area (Å²) in [7, 11) is 0.0712. The Hall–Kier alpha value is -10.0. The second kappa shape index (κ2) is 28.7. The molecule has 13 rings (SSSR count). The van der Waals surface area contributed by atoms with Crippen molar-refractivity contribution in [1.82, 2.24) is 73.4 Å². The molecule has 0 radical (unpaired) electrons. The number of sulfonamides is 1. The fraction of sp³-hybridized carbons (Fsp3) is 0.313. The SMILES string of the molecule is C.CN(CCn1c(=O)c(-c2ccc(-c3cnccn3)cc2F)cc2cnc(Nc3ccc(NC4CCCNC4)cc3)nc21)S(C)(=O)=O.Cc1cnc(-c2cccnc2)nc1-c1cc2cnc(Nc3ccc(N4CCN(C)CC4)cc3)nc2n(CC(=O)N2CCCC2)c1=O. The topological polar surface area (TPSA) is 272 Å². The second-order valence-electron chi connectivity index (χ2n) is 23.2. The quantitative estimate of drug-likeness (QED) is 0.0668. The Bertz CT molecular complexity index is 4530. The Balaban J connectivity index is 0.000000188. The van der Waals surface area contributed by atoms with Crippen LogP contribution in [-0.2, 0) is 27.9 Å². The number of fused-ring (bicyclic) bond motifs is 2. The maximum absolute atomic E-state index is 15.5. The zero-order chi connectivity index (χ0) is 63.9. The monoisotopic (exact) mass is 1280 g/mol. The lowest BCUT2D eigenvalue weighted by Crippen LogP contribution is -2.44. The van der Waals surface area contributed by atoms with Gasteiger partial charge in [0.25, 0.3) is 11.1 Å². The molecule has 1 unspecified atom stereocenters. The van der Waals surface area contributed by atoms with Crippen molar-refractivity contribution in [2.75, 3.05) is 100 Å². The number of aryl methyl sites for hydroxylation is 1. The summed E-state index contributed by atoms with van der Waals surface area (Å²) in [6.07, 6.45) is 18.1. The number of likely N-dealkylation sites (N-methyl/N-ethyl adjacent to an activating group) is 2. The average molecular weight is 1280 g/mol. The Morgan fingerprint density at radius 2 is 1.34 bits per heavy atom. The molecule has 3 fully saturated rings. The van der Waals surface area contributed by atoms with Crippen molar-refractivity contribution in [3.8, 4) is 45.0 Å². The Labute approximate surface area is 538 Å². The zero-order valence-corrected chi connectivity index (χ0v) is 52.3. The van der Waals surface area contributed by atoms with Crippen LogP contribution in [0.3, 0.4) is 0 Å². The van der Waals surface area contributed by atoms with Crippen LogP contribution in [-0.4, -0.2) is 168 Å². The number of benzene rings is 3. The number of hydrogen-bond acceptors (Lipinski definition) is 20. The molecule has 0 saturated carbocycles. The second-order valence-corrected chi connectivity index (χ2v) is 25.3. The van der Waals surface area contributed by atoms with E-state index in [1.54, 1.807) is 49.2 Å². The van der Waals surface area contributed by atoms with Crippen LogP contribution >= 0.6 is 0 Å². The third-order valence-electron chi connectivity index (χ3n) is 16.7. The summed E-state index contributed by atoms with van der Waals surface area (Å²) in [6.45, 7) is 9.14. The third kappa shape index (κ3) is 15.2. The van der Waals surface area contributed by atoms with E-state index in [1.165, 1.54) is 52.6 Å². The van der Waals surface area contributed by atoms with Crippen LogP contribution in [0.4, 0.5) is 39.0 Å². The van der Waals surface area contributed by atoms with Gasteiger partial charge in [0.1, 0.15) is 23.7 Å².